The zero-order chi connectivity index (χ0) is 12.7. The molecule has 3 saturated heterocycles. The Kier molecular flexibility index (Phi) is 2.86. The molecule has 3 aliphatic heterocycles. The lowest BCUT2D eigenvalue weighted by Gasteiger charge is -2.47. The zero-order valence-electron chi connectivity index (χ0n) is 10.7. The van der Waals surface area contributed by atoms with Crippen LogP contribution in [0.4, 0.5) is 5.82 Å². The lowest BCUT2D eigenvalue weighted by atomic mass is 10.1. The first-order chi connectivity index (χ1) is 9.40. The third-order valence-electron chi connectivity index (χ3n) is 4.16. The van der Waals surface area contributed by atoms with Crippen molar-refractivity contribution in [3.63, 3.8) is 0 Å². The van der Waals surface area contributed by atoms with Gasteiger partial charge in [0.05, 0.1) is 5.39 Å². The van der Waals surface area contributed by atoms with Crippen molar-refractivity contribution in [3.05, 3.63) is 17.8 Å². The quantitative estimate of drug-likeness (QED) is 0.909. The van der Waals surface area contributed by atoms with E-state index in [9.17, 15) is 0 Å². The molecule has 0 spiro atoms. The first-order valence-electron chi connectivity index (χ1n) is 6.78. The highest BCUT2D eigenvalue weighted by Crippen LogP contribution is 2.24. The summed E-state index contributed by atoms with van der Waals surface area (Å²) in [4.78, 5) is 14.9. The Morgan fingerprint density at radius 1 is 1.26 bits per heavy atom. The highest BCUT2D eigenvalue weighted by Gasteiger charge is 2.31. The zero-order valence-corrected chi connectivity index (χ0v) is 11.6. The van der Waals surface area contributed by atoms with Gasteiger partial charge in [0.25, 0.3) is 0 Å². The molecule has 0 saturated carbocycles. The summed E-state index contributed by atoms with van der Waals surface area (Å²) in [5, 5.41) is 6.73. The SMILES string of the molecule is c1nc(NCC2CN3CCN2CC3)c2ccsc2n1. The van der Waals surface area contributed by atoms with E-state index in [0.717, 1.165) is 22.6 Å². The van der Waals surface area contributed by atoms with Crippen molar-refractivity contribution in [2.45, 2.75) is 6.04 Å². The molecule has 2 aromatic heterocycles. The molecule has 6 heteroatoms. The van der Waals surface area contributed by atoms with Crippen LogP contribution in [0.5, 0.6) is 0 Å². The third kappa shape index (κ3) is 2.09. The fourth-order valence-corrected chi connectivity index (χ4v) is 3.80. The molecule has 5 nitrogen and oxygen atoms in total. The largest absolute Gasteiger partial charge is 0.368 e. The van der Waals surface area contributed by atoms with E-state index >= 15 is 0 Å². The third-order valence-corrected chi connectivity index (χ3v) is 4.98. The second-order valence-electron chi connectivity index (χ2n) is 5.23. The second kappa shape index (κ2) is 4.70. The van der Waals surface area contributed by atoms with Crippen LogP contribution in [-0.2, 0) is 0 Å². The minimum absolute atomic E-state index is 0.617. The van der Waals surface area contributed by atoms with Crippen LogP contribution in [0, 0.1) is 0 Å². The summed E-state index contributed by atoms with van der Waals surface area (Å²) >= 11 is 1.67. The van der Waals surface area contributed by atoms with Gasteiger partial charge in [-0.15, -0.1) is 11.3 Å². The Balaban J connectivity index is 1.49. The lowest BCUT2D eigenvalue weighted by Crippen LogP contribution is -2.62. The molecule has 3 fully saturated rings. The Morgan fingerprint density at radius 3 is 2.95 bits per heavy atom. The molecule has 19 heavy (non-hydrogen) atoms. The lowest BCUT2D eigenvalue weighted by molar-refractivity contribution is 0.0189. The predicted octanol–water partition coefficient (Wildman–Crippen LogP) is 1.10. The minimum atomic E-state index is 0.617. The molecule has 2 bridgehead atoms. The van der Waals surface area contributed by atoms with Crippen LogP contribution in [0.25, 0.3) is 10.2 Å². The van der Waals surface area contributed by atoms with Crippen LogP contribution in [-0.4, -0.2) is 65.1 Å². The standard InChI is InChI=1S/C13H17N5S/c1-6-19-13-11(1)12(15-9-16-13)14-7-10-8-17-2-4-18(10)5-3-17/h1,6,9-10H,2-5,7-8H2,(H,14,15,16). The summed E-state index contributed by atoms with van der Waals surface area (Å²) in [5.41, 5.74) is 0. The molecule has 5 rings (SSSR count). The van der Waals surface area contributed by atoms with Gasteiger partial charge in [-0.2, -0.15) is 0 Å². The van der Waals surface area contributed by atoms with Crippen LogP contribution in [0.2, 0.25) is 0 Å². The van der Waals surface area contributed by atoms with Gasteiger partial charge in [-0.1, -0.05) is 0 Å². The monoisotopic (exact) mass is 275 g/mol. The number of hydrogen-bond donors (Lipinski definition) is 1. The summed E-state index contributed by atoms with van der Waals surface area (Å²) in [6, 6.07) is 2.71. The summed E-state index contributed by atoms with van der Waals surface area (Å²) in [7, 11) is 0. The van der Waals surface area contributed by atoms with Crippen LogP contribution in [0.15, 0.2) is 17.8 Å². The Morgan fingerprint density at radius 2 is 2.16 bits per heavy atom. The van der Waals surface area contributed by atoms with Gasteiger partial charge >= 0.3 is 0 Å². The van der Waals surface area contributed by atoms with Crippen molar-refractivity contribution >= 4 is 27.4 Å². The Hall–Kier alpha value is -1.24. The number of rotatable bonds is 3. The van der Waals surface area contributed by atoms with Crippen molar-refractivity contribution in [2.24, 2.45) is 0 Å². The van der Waals surface area contributed by atoms with E-state index in [1.54, 1.807) is 17.7 Å². The molecule has 0 aromatic carbocycles. The smallest absolute Gasteiger partial charge is 0.138 e. The minimum Gasteiger partial charge on any atom is -0.368 e. The highest BCUT2D eigenvalue weighted by atomic mass is 32.1. The molecule has 3 aliphatic rings. The first-order valence-corrected chi connectivity index (χ1v) is 7.66. The summed E-state index contributed by atoms with van der Waals surface area (Å²) in [6.07, 6.45) is 1.65. The highest BCUT2D eigenvalue weighted by molar-refractivity contribution is 7.16. The van der Waals surface area contributed by atoms with Gasteiger partial charge in [-0.3, -0.25) is 9.80 Å². The van der Waals surface area contributed by atoms with Gasteiger partial charge in [0.15, 0.2) is 0 Å². The molecule has 0 amide bonds. The fraction of sp³-hybridized carbons (Fsp3) is 0.538. The normalized spacial score (nSPS) is 29.8. The van der Waals surface area contributed by atoms with E-state index in [-0.39, 0.29) is 0 Å². The van der Waals surface area contributed by atoms with Crippen LogP contribution < -0.4 is 5.32 Å². The second-order valence-corrected chi connectivity index (χ2v) is 6.13. The number of aromatic nitrogens is 2. The molecule has 5 heterocycles. The van der Waals surface area contributed by atoms with Gasteiger partial charge in [0.1, 0.15) is 17.0 Å². The van der Waals surface area contributed by atoms with Gasteiger partial charge in [-0.05, 0) is 11.4 Å². The molecule has 0 radical (unpaired) electrons. The van der Waals surface area contributed by atoms with Gasteiger partial charge < -0.3 is 5.32 Å². The number of nitrogens with one attached hydrogen (secondary N) is 1. The van der Waals surface area contributed by atoms with E-state index in [1.807, 2.05) is 0 Å². The van der Waals surface area contributed by atoms with Crippen molar-refractivity contribution in [2.75, 3.05) is 44.6 Å². The average Bonchev–Trinajstić information content (AvgIpc) is 2.95. The molecule has 1 unspecified atom stereocenters. The fourth-order valence-electron chi connectivity index (χ4n) is 3.06. The summed E-state index contributed by atoms with van der Waals surface area (Å²) in [6.45, 7) is 7.05. The molecule has 2 aromatic rings. The number of fused-ring (bicyclic) bond motifs is 4. The number of thiophene rings is 1. The van der Waals surface area contributed by atoms with E-state index in [1.165, 1.54) is 32.7 Å². The van der Waals surface area contributed by atoms with Crippen molar-refractivity contribution in [3.8, 4) is 0 Å². The average molecular weight is 275 g/mol. The maximum absolute atomic E-state index is 4.38. The predicted molar refractivity (Wildman–Crippen MR) is 77.7 cm³/mol. The molecule has 1 N–H and O–H groups in total. The maximum Gasteiger partial charge on any atom is 0.138 e. The van der Waals surface area contributed by atoms with Gasteiger partial charge in [-0.25, -0.2) is 9.97 Å². The van der Waals surface area contributed by atoms with E-state index in [2.05, 4.69) is 36.5 Å². The topological polar surface area (TPSA) is 44.3 Å². The molecule has 100 valence electrons. The van der Waals surface area contributed by atoms with E-state index in [4.69, 9.17) is 0 Å². The van der Waals surface area contributed by atoms with Gasteiger partial charge in [0, 0.05) is 45.3 Å². The van der Waals surface area contributed by atoms with Crippen LogP contribution in [0.1, 0.15) is 0 Å². The number of anilines is 1. The van der Waals surface area contributed by atoms with E-state index in [0.29, 0.717) is 6.04 Å². The molecule has 0 aliphatic carbocycles. The number of nitrogens with zero attached hydrogens (tertiary/aromatic N) is 4. The first kappa shape index (κ1) is 11.6. The maximum atomic E-state index is 4.38. The number of hydrogen-bond acceptors (Lipinski definition) is 6. The van der Waals surface area contributed by atoms with Gasteiger partial charge in [0.2, 0.25) is 0 Å². The Bertz CT molecular complexity index is 575. The van der Waals surface area contributed by atoms with Crippen molar-refractivity contribution in [1.82, 2.24) is 19.8 Å². The van der Waals surface area contributed by atoms with Crippen LogP contribution >= 0.6 is 11.3 Å². The Labute approximate surface area is 116 Å². The van der Waals surface area contributed by atoms with Crippen LogP contribution in [0.3, 0.4) is 0 Å². The van der Waals surface area contributed by atoms with Crippen molar-refractivity contribution in [1.29, 1.82) is 0 Å². The van der Waals surface area contributed by atoms with E-state index < -0.39 is 0 Å². The summed E-state index contributed by atoms with van der Waals surface area (Å²) < 4.78 is 0. The summed E-state index contributed by atoms with van der Waals surface area (Å²) in [5.74, 6) is 0.976. The van der Waals surface area contributed by atoms with Crippen molar-refractivity contribution < 1.29 is 0 Å². The molecule has 1 atom stereocenters. The molecular weight excluding hydrogens is 258 g/mol. The molecular formula is C13H17N5S. The number of piperazine rings is 3.